The summed E-state index contributed by atoms with van der Waals surface area (Å²) in [6.07, 6.45) is 4.64. The van der Waals surface area contributed by atoms with Gasteiger partial charge in [-0.15, -0.1) is 0 Å². The van der Waals surface area contributed by atoms with E-state index in [1.165, 1.54) is 12.8 Å². The molecule has 5 heteroatoms. The van der Waals surface area contributed by atoms with Crippen molar-refractivity contribution in [3.8, 4) is 11.4 Å². The smallest absolute Gasteiger partial charge is 0.294 e. The van der Waals surface area contributed by atoms with Crippen molar-refractivity contribution in [3.63, 3.8) is 0 Å². The minimum Gasteiger partial charge on any atom is -0.497 e. The van der Waals surface area contributed by atoms with E-state index in [1.54, 1.807) is 11.8 Å². The molecule has 0 radical (unpaired) electrons. The van der Waals surface area contributed by atoms with Gasteiger partial charge in [-0.2, -0.15) is 0 Å². The maximum absolute atomic E-state index is 12.5. The molecule has 1 saturated carbocycles. The predicted octanol–water partition coefficient (Wildman–Crippen LogP) is 2.42. The summed E-state index contributed by atoms with van der Waals surface area (Å²) in [6, 6.07) is 7.47. The second-order valence-electron chi connectivity index (χ2n) is 5.62. The highest BCUT2D eigenvalue weighted by atomic mass is 16.5. The first kappa shape index (κ1) is 13.8. The molecule has 0 aliphatic heterocycles. The lowest BCUT2D eigenvalue weighted by Crippen LogP contribution is -2.20. The van der Waals surface area contributed by atoms with Crippen molar-refractivity contribution in [2.24, 2.45) is 7.05 Å². The van der Waals surface area contributed by atoms with Crippen LogP contribution in [0.3, 0.4) is 0 Å². The summed E-state index contributed by atoms with van der Waals surface area (Å²) in [5.41, 5.74) is 8.09. The molecule has 21 heavy (non-hydrogen) atoms. The van der Waals surface area contributed by atoms with Crippen molar-refractivity contribution in [3.05, 3.63) is 40.3 Å². The molecule has 1 fully saturated rings. The number of anilines is 1. The van der Waals surface area contributed by atoms with Crippen LogP contribution in [0, 0.1) is 0 Å². The second-order valence-corrected chi connectivity index (χ2v) is 5.62. The van der Waals surface area contributed by atoms with Crippen LogP contribution in [0.15, 0.2) is 29.1 Å². The lowest BCUT2D eigenvalue weighted by molar-refractivity contribution is 0.414. The Morgan fingerprint density at radius 2 is 2.00 bits per heavy atom. The van der Waals surface area contributed by atoms with Crippen LogP contribution in [0.5, 0.6) is 5.75 Å². The van der Waals surface area contributed by atoms with Gasteiger partial charge in [0, 0.05) is 19.0 Å². The van der Waals surface area contributed by atoms with Crippen molar-refractivity contribution >= 4 is 5.69 Å². The molecule has 0 unspecified atom stereocenters. The molecule has 2 aromatic rings. The number of nitrogens with zero attached hydrogens (tertiary/aromatic N) is 2. The number of hydrogen-bond donors (Lipinski definition) is 1. The molecule has 0 spiro atoms. The maximum Gasteiger partial charge on any atom is 0.294 e. The molecule has 0 saturated heterocycles. The Kier molecular flexibility index (Phi) is 3.49. The van der Waals surface area contributed by atoms with Gasteiger partial charge < -0.3 is 10.5 Å². The molecule has 112 valence electrons. The third-order valence-corrected chi connectivity index (χ3v) is 4.39. The van der Waals surface area contributed by atoms with Crippen LogP contribution >= 0.6 is 0 Å². The molecule has 1 heterocycles. The average Bonchev–Trinajstić information content (AvgIpc) is 3.08. The Morgan fingerprint density at radius 3 is 2.67 bits per heavy atom. The van der Waals surface area contributed by atoms with Crippen LogP contribution in [-0.4, -0.2) is 16.5 Å². The monoisotopic (exact) mass is 287 g/mol. The van der Waals surface area contributed by atoms with Crippen molar-refractivity contribution in [2.45, 2.75) is 31.6 Å². The Morgan fingerprint density at radius 1 is 1.29 bits per heavy atom. The van der Waals surface area contributed by atoms with Crippen molar-refractivity contribution < 1.29 is 4.74 Å². The van der Waals surface area contributed by atoms with E-state index in [2.05, 4.69) is 0 Å². The van der Waals surface area contributed by atoms with Crippen molar-refractivity contribution in [1.82, 2.24) is 9.36 Å². The van der Waals surface area contributed by atoms with Gasteiger partial charge in [0.15, 0.2) is 0 Å². The molecule has 0 bridgehead atoms. The SMILES string of the molecule is COc1cccc(-n2c(=O)c(N)c(C3CCCC3)n2C)c1. The summed E-state index contributed by atoms with van der Waals surface area (Å²) >= 11 is 0. The third-order valence-electron chi connectivity index (χ3n) is 4.39. The molecule has 0 atom stereocenters. The van der Waals surface area contributed by atoms with Gasteiger partial charge in [0.05, 0.1) is 18.5 Å². The first-order chi connectivity index (χ1) is 10.1. The van der Waals surface area contributed by atoms with E-state index >= 15 is 0 Å². The number of ether oxygens (including phenoxy) is 1. The summed E-state index contributed by atoms with van der Waals surface area (Å²) < 4.78 is 8.77. The summed E-state index contributed by atoms with van der Waals surface area (Å²) in [7, 11) is 3.52. The van der Waals surface area contributed by atoms with Crippen LogP contribution in [-0.2, 0) is 7.05 Å². The zero-order valence-electron chi connectivity index (χ0n) is 12.5. The van der Waals surface area contributed by atoms with Crippen LogP contribution in [0.1, 0.15) is 37.3 Å². The number of methoxy groups -OCH3 is 1. The van der Waals surface area contributed by atoms with Gasteiger partial charge >= 0.3 is 0 Å². The third kappa shape index (κ3) is 2.22. The summed E-state index contributed by atoms with van der Waals surface area (Å²) in [6.45, 7) is 0. The first-order valence-electron chi connectivity index (χ1n) is 7.35. The normalized spacial score (nSPS) is 15.5. The minimum atomic E-state index is -0.146. The Balaban J connectivity index is 2.14. The molecule has 1 aliphatic rings. The van der Waals surface area contributed by atoms with Gasteiger partial charge in [-0.1, -0.05) is 18.9 Å². The molecule has 3 rings (SSSR count). The number of nitrogens with two attached hydrogens (primary N) is 1. The van der Waals surface area contributed by atoms with E-state index < -0.39 is 0 Å². The number of hydrogen-bond acceptors (Lipinski definition) is 3. The van der Waals surface area contributed by atoms with Crippen molar-refractivity contribution in [2.75, 3.05) is 12.8 Å². The van der Waals surface area contributed by atoms with E-state index in [0.29, 0.717) is 11.6 Å². The van der Waals surface area contributed by atoms with E-state index in [-0.39, 0.29) is 5.56 Å². The molecule has 5 nitrogen and oxygen atoms in total. The minimum absolute atomic E-state index is 0.146. The lowest BCUT2D eigenvalue weighted by Gasteiger charge is -2.14. The number of rotatable bonds is 3. The summed E-state index contributed by atoms with van der Waals surface area (Å²) in [4.78, 5) is 12.5. The molecule has 1 aromatic heterocycles. The number of nitrogen functional groups attached to an aromatic ring is 1. The van der Waals surface area contributed by atoms with Crippen LogP contribution in [0.2, 0.25) is 0 Å². The molecule has 1 aliphatic carbocycles. The van der Waals surface area contributed by atoms with E-state index in [4.69, 9.17) is 10.5 Å². The molecule has 0 amide bonds. The molecular weight excluding hydrogens is 266 g/mol. The number of aromatic nitrogens is 2. The fourth-order valence-corrected chi connectivity index (χ4v) is 3.36. The summed E-state index contributed by atoms with van der Waals surface area (Å²) in [5, 5.41) is 0. The highest BCUT2D eigenvalue weighted by molar-refractivity contribution is 5.48. The summed E-state index contributed by atoms with van der Waals surface area (Å²) in [5.74, 6) is 1.12. The highest BCUT2D eigenvalue weighted by Gasteiger charge is 2.26. The number of benzene rings is 1. The van der Waals surface area contributed by atoms with Crippen LogP contribution in [0.4, 0.5) is 5.69 Å². The topological polar surface area (TPSA) is 62.2 Å². The quantitative estimate of drug-likeness (QED) is 0.943. The zero-order chi connectivity index (χ0) is 15.0. The van der Waals surface area contributed by atoms with Gasteiger partial charge in [0.2, 0.25) is 0 Å². The van der Waals surface area contributed by atoms with Crippen LogP contribution in [0.25, 0.3) is 5.69 Å². The van der Waals surface area contributed by atoms with E-state index in [1.807, 2.05) is 36.0 Å². The van der Waals surface area contributed by atoms with E-state index in [0.717, 1.165) is 30.0 Å². The van der Waals surface area contributed by atoms with Crippen molar-refractivity contribution in [1.29, 1.82) is 0 Å². The van der Waals surface area contributed by atoms with Gasteiger partial charge in [0.1, 0.15) is 11.4 Å². The Bertz CT molecular complexity index is 709. The van der Waals surface area contributed by atoms with Gasteiger partial charge in [-0.05, 0) is 25.0 Å². The maximum atomic E-state index is 12.5. The van der Waals surface area contributed by atoms with E-state index in [9.17, 15) is 4.79 Å². The lowest BCUT2D eigenvalue weighted by atomic mass is 10.0. The average molecular weight is 287 g/mol. The fourth-order valence-electron chi connectivity index (χ4n) is 3.36. The van der Waals surface area contributed by atoms with Crippen LogP contribution < -0.4 is 16.0 Å². The Hall–Kier alpha value is -2.17. The van der Waals surface area contributed by atoms with Gasteiger partial charge in [-0.3, -0.25) is 9.48 Å². The van der Waals surface area contributed by atoms with Gasteiger partial charge in [0.25, 0.3) is 5.56 Å². The largest absolute Gasteiger partial charge is 0.497 e. The predicted molar refractivity (Wildman–Crippen MR) is 83.2 cm³/mol. The fraction of sp³-hybridized carbons (Fsp3) is 0.438. The zero-order valence-corrected chi connectivity index (χ0v) is 12.5. The second kappa shape index (κ2) is 5.31. The molecule has 1 aromatic carbocycles. The standard InChI is InChI=1S/C16H21N3O2/c1-18-15(11-6-3-4-7-11)14(17)16(20)19(18)12-8-5-9-13(10-12)21-2/h5,8-11H,3-4,6-7,17H2,1-2H3. The highest BCUT2D eigenvalue weighted by Crippen LogP contribution is 2.36. The van der Waals surface area contributed by atoms with Gasteiger partial charge in [-0.25, -0.2) is 4.68 Å². The molecule has 2 N–H and O–H groups in total. The molecular formula is C16H21N3O2. The first-order valence-corrected chi connectivity index (χ1v) is 7.35. The Labute approximate surface area is 123 Å².